The Balaban J connectivity index is 3.91. The molecule has 5 heteroatoms. The Labute approximate surface area is 54.5 Å². The predicted molar refractivity (Wildman–Crippen MR) is 33.9 cm³/mol. The highest BCUT2D eigenvalue weighted by atomic mass is 32.2. The third-order valence-electron chi connectivity index (χ3n) is 0.573. The number of rotatable bonds is 2. The van der Waals surface area contributed by atoms with Crippen molar-refractivity contribution in [2.75, 3.05) is 6.26 Å². The summed E-state index contributed by atoms with van der Waals surface area (Å²) in [5.74, 6) is -0.225. The van der Waals surface area contributed by atoms with Crippen molar-refractivity contribution in [2.24, 2.45) is 0 Å². The maximum absolute atomic E-state index is 10.2. The first-order valence-corrected chi connectivity index (χ1v) is 4.24. The standard InChI is InChI=1S/C4H9NO3S/c1-3-4(5)8-9(2,6)7/h5H,3H2,1-2H3. The van der Waals surface area contributed by atoms with Crippen molar-refractivity contribution in [2.45, 2.75) is 13.3 Å². The first-order chi connectivity index (χ1) is 3.95. The predicted octanol–water partition coefficient (Wildman–Crippen LogP) is 0.350. The highest BCUT2D eigenvalue weighted by Crippen LogP contribution is 1.90. The van der Waals surface area contributed by atoms with E-state index < -0.39 is 10.1 Å². The molecule has 0 rings (SSSR count). The molecule has 0 aliphatic heterocycles. The Morgan fingerprint density at radius 1 is 1.67 bits per heavy atom. The molecule has 0 aliphatic rings. The average Bonchev–Trinajstić information content (AvgIpc) is 1.62. The Morgan fingerprint density at radius 2 is 2.11 bits per heavy atom. The van der Waals surface area contributed by atoms with Crippen molar-refractivity contribution >= 4 is 16.0 Å². The van der Waals surface area contributed by atoms with E-state index in [2.05, 4.69) is 4.18 Å². The topological polar surface area (TPSA) is 67.2 Å². The van der Waals surface area contributed by atoms with Gasteiger partial charge in [-0.1, -0.05) is 6.92 Å². The fourth-order valence-corrected chi connectivity index (χ4v) is 0.725. The molecule has 0 saturated carbocycles. The molecule has 4 nitrogen and oxygen atoms in total. The van der Waals surface area contributed by atoms with Crippen molar-refractivity contribution in [3.05, 3.63) is 0 Å². The number of nitrogens with one attached hydrogen (secondary N) is 1. The van der Waals surface area contributed by atoms with Gasteiger partial charge in [-0.3, -0.25) is 5.41 Å². The zero-order chi connectivity index (χ0) is 7.49. The molecule has 1 N–H and O–H groups in total. The quantitative estimate of drug-likeness (QED) is 0.352. The summed E-state index contributed by atoms with van der Waals surface area (Å²) in [7, 11) is -3.46. The lowest BCUT2D eigenvalue weighted by Gasteiger charge is -1.98. The largest absolute Gasteiger partial charge is 0.367 e. The molecule has 0 saturated heterocycles. The highest BCUT2D eigenvalue weighted by Gasteiger charge is 2.03. The van der Waals surface area contributed by atoms with Gasteiger partial charge in [0.25, 0.3) is 0 Å². The lowest BCUT2D eigenvalue weighted by atomic mass is 10.5. The van der Waals surface area contributed by atoms with Gasteiger partial charge in [-0.15, -0.1) is 0 Å². The van der Waals surface area contributed by atoms with E-state index >= 15 is 0 Å². The molecule has 0 spiro atoms. The molecule has 54 valence electrons. The summed E-state index contributed by atoms with van der Waals surface area (Å²) >= 11 is 0. The van der Waals surface area contributed by atoms with Gasteiger partial charge in [0, 0.05) is 6.42 Å². The summed E-state index contributed by atoms with van der Waals surface area (Å²) in [6.07, 6.45) is 1.21. The zero-order valence-electron chi connectivity index (χ0n) is 5.34. The first-order valence-electron chi connectivity index (χ1n) is 2.42. The monoisotopic (exact) mass is 151 g/mol. The van der Waals surface area contributed by atoms with Gasteiger partial charge in [0.2, 0.25) is 5.90 Å². The SMILES string of the molecule is CCC(=N)OS(C)(=O)=O. The molecule has 0 fully saturated rings. The second-order valence-electron chi connectivity index (χ2n) is 1.56. The molecular formula is C4H9NO3S. The van der Waals surface area contributed by atoms with Crippen LogP contribution in [0.1, 0.15) is 13.3 Å². The summed E-state index contributed by atoms with van der Waals surface area (Å²) in [6.45, 7) is 1.65. The minimum absolute atomic E-state index is 0.225. The maximum atomic E-state index is 10.2. The molecule has 9 heavy (non-hydrogen) atoms. The number of hydrogen-bond donors (Lipinski definition) is 1. The molecule has 0 aliphatic carbocycles. The van der Waals surface area contributed by atoms with Crippen LogP contribution in [0.4, 0.5) is 0 Å². The summed E-state index contributed by atoms with van der Waals surface area (Å²) in [4.78, 5) is 0. The minimum Gasteiger partial charge on any atom is -0.367 e. The second-order valence-corrected chi connectivity index (χ2v) is 3.14. The van der Waals surface area contributed by atoms with Crippen molar-refractivity contribution in [1.82, 2.24) is 0 Å². The molecule has 0 unspecified atom stereocenters. The van der Waals surface area contributed by atoms with E-state index in [0.717, 1.165) is 6.26 Å². The second kappa shape index (κ2) is 2.82. The van der Waals surface area contributed by atoms with Crippen LogP contribution in [0.3, 0.4) is 0 Å². The van der Waals surface area contributed by atoms with Gasteiger partial charge >= 0.3 is 10.1 Å². The Hall–Kier alpha value is -0.580. The fourth-order valence-electron chi connectivity index (χ4n) is 0.242. The molecule has 0 amide bonds. The third kappa shape index (κ3) is 5.29. The van der Waals surface area contributed by atoms with Gasteiger partial charge in [-0.25, -0.2) is 0 Å². The lowest BCUT2D eigenvalue weighted by molar-refractivity contribution is 0.479. The Morgan fingerprint density at radius 3 is 2.22 bits per heavy atom. The van der Waals surface area contributed by atoms with Gasteiger partial charge in [0.1, 0.15) is 0 Å². The van der Waals surface area contributed by atoms with E-state index in [-0.39, 0.29) is 5.90 Å². The Bertz CT molecular complexity index is 194. The molecule has 0 aromatic heterocycles. The first kappa shape index (κ1) is 8.42. The van der Waals surface area contributed by atoms with Crippen molar-refractivity contribution in [3.8, 4) is 0 Å². The van der Waals surface area contributed by atoms with Gasteiger partial charge in [0.15, 0.2) is 0 Å². The maximum Gasteiger partial charge on any atom is 0.307 e. The molecule has 0 aromatic carbocycles. The van der Waals surface area contributed by atoms with Crippen LogP contribution in [0, 0.1) is 5.41 Å². The molecule has 0 aromatic rings. The lowest BCUT2D eigenvalue weighted by Crippen LogP contribution is -2.08. The summed E-state index contributed by atoms with van der Waals surface area (Å²) < 4.78 is 24.6. The van der Waals surface area contributed by atoms with E-state index in [0.29, 0.717) is 6.42 Å². The van der Waals surface area contributed by atoms with Crippen LogP contribution in [0.25, 0.3) is 0 Å². The van der Waals surface area contributed by atoms with E-state index in [1.807, 2.05) is 0 Å². The molecule has 0 atom stereocenters. The zero-order valence-corrected chi connectivity index (χ0v) is 6.16. The van der Waals surface area contributed by atoms with Gasteiger partial charge in [-0.05, 0) is 0 Å². The summed E-state index contributed by atoms with van der Waals surface area (Å²) in [5, 5.41) is 6.79. The van der Waals surface area contributed by atoms with E-state index in [9.17, 15) is 8.42 Å². The third-order valence-corrected chi connectivity index (χ3v) is 1.08. The van der Waals surface area contributed by atoms with Crippen LogP contribution >= 0.6 is 0 Å². The van der Waals surface area contributed by atoms with E-state index in [1.165, 1.54) is 0 Å². The van der Waals surface area contributed by atoms with E-state index in [1.54, 1.807) is 6.92 Å². The van der Waals surface area contributed by atoms with Crippen LogP contribution in [0.2, 0.25) is 0 Å². The smallest absolute Gasteiger partial charge is 0.307 e. The number of hydrogen-bond acceptors (Lipinski definition) is 4. The Kier molecular flexibility index (Phi) is 2.64. The van der Waals surface area contributed by atoms with Crippen LogP contribution in [-0.4, -0.2) is 20.6 Å². The molecule has 0 heterocycles. The van der Waals surface area contributed by atoms with Gasteiger partial charge < -0.3 is 4.18 Å². The van der Waals surface area contributed by atoms with Crippen LogP contribution in [0.15, 0.2) is 0 Å². The van der Waals surface area contributed by atoms with Crippen molar-refractivity contribution in [3.63, 3.8) is 0 Å². The van der Waals surface area contributed by atoms with Crippen molar-refractivity contribution in [1.29, 1.82) is 5.41 Å². The molecule has 0 radical (unpaired) electrons. The minimum atomic E-state index is -3.46. The highest BCUT2D eigenvalue weighted by molar-refractivity contribution is 7.86. The van der Waals surface area contributed by atoms with Gasteiger partial charge in [-0.2, -0.15) is 8.42 Å². The molecule has 0 bridgehead atoms. The average molecular weight is 151 g/mol. The van der Waals surface area contributed by atoms with Crippen LogP contribution in [0.5, 0.6) is 0 Å². The fraction of sp³-hybridized carbons (Fsp3) is 0.750. The normalized spacial score (nSPS) is 10.9. The summed E-state index contributed by atoms with van der Waals surface area (Å²) in [6, 6.07) is 0. The molecular weight excluding hydrogens is 142 g/mol. The summed E-state index contributed by atoms with van der Waals surface area (Å²) in [5.41, 5.74) is 0. The van der Waals surface area contributed by atoms with Crippen molar-refractivity contribution < 1.29 is 12.6 Å². The van der Waals surface area contributed by atoms with Gasteiger partial charge in [0.05, 0.1) is 6.26 Å². The van der Waals surface area contributed by atoms with E-state index in [4.69, 9.17) is 5.41 Å². The van der Waals surface area contributed by atoms with Crippen LogP contribution < -0.4 is 0 Å². The van der Waals surface area contributed by atoms with Crippen LogP contribution in [-0.2, 0) is 14.3 Å².